The molecule has 1 aliphatic heterocycles. The SMILES string of the molecule is CC(C)Cn1ncc(NC2CCSC2)c(Br)c1=O. The van der Waals surface area contributed by atoms with E-state index in [1.165, 1.54) is 10.4 Å². The molecule has 2 rings (SSSR count). The summed E-state index contributed by atoms with van der Waals surface area (Å²) in [7, 11) is 0. The van der Waals surface area contributed by atoms with E-state index in [0.29, 0.717) is 23.0 Å². The van der Waals surface area contributed by atoms with E-state index in [1.807, 2.05) is 11.8 Å². The molecule has 2 heterocycles. The predicted molar refractivity (Wildman–Crippen MR) is 80.4 cm³/mol. The minimum Gasteiger partial charge on any atom is -0.379 e. The molecule has 1 fully saturated rings. The third-order valence-corrected chi connectivity index (χ3v) is 4.74. The smallest absolute Gasteiger partial charge is 0.283 e. The Morgan fingerprint density at radius 2 is 2.44 bits per heavy atom. The van der Waals surface area contributed by atoms with Gasteiger partial charge in [-0.2, -0.15) is 16.9 Å². The number of anilines is 1. The van der Waals surface area contributed by atoms with Crippen LogP contribution in [0.15, 0.2) is 15.5 Å². The van der Waals surface area contributed by atoms with E-state index in [9.17, 15) is 4.79 Å². The molecule has 0 bridgehead atoms. The fourth-order valence-corrected chi connectivity index (χ4v) is 3.48. The van der Waals surface area contributed by atoms with Gasteiger partial charge in [-0.05, 0) is 34.0 Å². The van der Waals surface area contributed by atoms with Crippen molar-refractivity contribution in [3.63, 3.8) is 0 Å². The Morgan fingerprint density at radius 1 is 1.67 bits per heavy atom. The van der Waals surface area contributed by atoms with Crippen LogP contribution >= 0.6 is 27.7 Å². The van der Waals surface area contributed by atoms with Crippen LogP contribution in [-0.2, 0) is 6.54 Å². The lowest BCUT2D eigenvalue weighted by atomic mass is 10.2. The van der Waals surface area contributed by atoms with Crippen molar-refractivity contribution in [2.24, 2.45) is 5.92 Å². The Bertz CT molecular complexity index is 469. The normalized spacial score (nSPS) is 19.4. The summed E-state index contributed by atoms with van der Waals surface area (Å²) in [6.07, 6.45) is 2.89. The maximum absolute atomic E-state index is 12.1. The molecule has 1 atom stereocenters. The van der Waals surface area contributed by atoms with Crippen LogP contribution in [0.25, 0.3) is 0 Å². The largest absolute Gasteiger partial charge is 0.379 e. The molecule has 1 saturated heterocycles. The average Bonchev–Trinajstić information content (AvgIpc) is 2.81. The number of rotatable bonds is 4. The monoisotopic (exact) mass is 331 g/mol. The molecular weight excluding hydrogens is 314 g/mol. The van der Waals surface area contributed by atoms with Gasteiger partial charge in [0, 0.05) is 18.3 Å². The van der Waals surface area contributed by atoms with Gasteiger partial charge in [0.05, 0.1) is 11.9 Å². The number of hydrogen-bond donors (Lipinski definition) is 1. The third kappa shape index (κ3) is 3.29. The van der Waals surface area contributed by atoms with Gasteiger partial charge in [-0.25, -0.2) is 4.68 Å². The van der Waals surface area contributed by atoms with Gasteiger partial charge in [-0.15, -0.1) is 0 Å². The molecule has 4 nitrogen and oxygen atoms in total. The topological polar surface area (TPSA) is 46.9 Å². The molecule has 1 aliphatic rings. The average molecular weight is 332 g/mol. The molecule has 100 valence electrons. The second-order valence-electron chi connectivity index (χ2n) is 4.96. The minimum absolute atomic E-state index is 0.0562. The molecule has 1 aromatic heterocycles. The highest BCUT2D eigenvalue weighted by atomic mass is 79.9. The Kier molecular flexibility index (Phi) is 4.72. The molecule has 18 heavy (non-hydrogen) atoms. The fraction of sp³-hybridized carbons (Fsp3) is 0.667. The van der Waals surface area contributed by atoms with E-state index < -0.39 is 0 Å². The standard InChI is InChI=1S/C12H18BrN3OS/c1-8(2)6-16-12(17)11(13)10(5-14-16)15-9-3-4-18-7-9/h5,8-9,15H,3-4,6-7H2,1-2H3. The molecule has 0 spiro atoms. The summed E-state index contributed by atoms with van der Waals surface area (Å²) >= 11 is 5.33. The van der Waals surface area contributed by atoms with Gasteiger partial charge in [0.2, 0.25) is 0 Å². The lowest BCUT2D eigenvalue weighted by Crippen LogP contribution is -2.28. The van der Waals surface area contributed by atoms with Gasteiger partial charge in [-0.1, -0.05) is 13.8 Å². The highest BCUT2D eigenvalue weighted by molar-refractivity contribution is 9.10. The lowest BCUT2D eigenvalue weighted by Gasteiger charge is -2.15. The molecule has 0 amide bonds. The molecule has 1 unspecified atom stereocenters. The highest BCUT2D eigenvalue weighted by Gasteiger charge is 2.17. The summed E-state index contributed by atoms with van der Waals surface area (Å²) in [6.45, 7) is 4.80. The quantitative estimate of drug-likeness (QED) is 0.921. The van der Waals surface area contributed by atoms with E-state index in [0.717, 1.165) is 17.9 Å². The summed E-state index contributed by atoms with van der Waals surface area (Å²) in [6, 6.07) is 0.452. The maximum atomic E-state index is 12.1. The van der Waals surface area contributed by atoms with Gasteiger partial charge in [0.15, 0.2) is 0 Å². The van der Waals surface area contributed by atoms with Crippen LogP contribution in [0.5, 0.6) is 0 Å². The molecular formula is C12H18BrN3OS. The van der Waals surface area contributed by atoms with Crippen molar-refractivity contribution in [3.05, 3.63) is 21.0 Å². The molecule has 6 heteroatoms. The fourth-order valence-electron chi connectivity index (χ4n) is 1.91. The van der Waals surface area contributed by atoms with Gasteiger partial charge < -0.3 is 5.32 Å². The number of thioether (sulfide) groups is 1. The van der Waals surface area contributed by atoms with Crippen LogP contribution in [0, 0.1) is 5.92 Å². The third-order valence-electron chi connectivity index (χ3n) is 2.81. The summed E-state index contributed by atoms with van der Waals surface area (Å²) < 4.78 is 2.11. The second-order valence-corrected chi connectivity index (χ2v) is 6.90. The Balaban J connectivity index is 2.17. The second kappa shape index (κ2) is 6.10. The van der Waals surface area contributed by atoms with Crippen molar-refractivity contribution >= 4 is 33.4 Å². The number of halogens is 1. The van der Waals surface area contributed by atoms with Crippen LogP contribution in [0.4, 0.5) is 5.69 Å². The van der Waals surface area contributed by atoms with Crippen LogP contribution in [0.1, 0.15) is 20.3 Å². The molecule has 0 radical (unpaired) electrons. The summed E-state index contributed by atoms with van der Waals surface area (Å²) in [5, 5.41) is 7.61. The van der Waals surface area contributed by atoms with Crippen LogP contribution in [-0.4, -0.2) is 27.3 Å². The Morgan fingerprint density at radius 3 is 3.06 bits per heavy atom. The molecule has 0 aliphatic carbocycles. The van der Waals surface area contributed by atoms with E-state index >= 15 is 0 Å². The zero-order valence-corrected chi connectivity index (χ0v) is 13.1. The maximum Gasteiger partial charge on any atom is 0.283 e. The van der Waals surface area contributed by atoms with Crippen molar-refractivity contribution < 1.29 is 0 Å². The van der Waals surface area contributed by atoms with Crippen molar-refractivity contribution in [2.45, 2.75) is 32.9 Å². The summed E-state index contributed by atoms with van der Waals surface area (Å²) in [5.74, 6) is 2.70. The van der Waals surface area contributed by atoms with Crippen LogP contribution in [0.3, 0.4) is 0 Å². The first-order valence-electron chi connectivity index (χ1n) is 6.18. The van der Waals surface area contributed by atoms with Crippen molar-refractivity contribution in [1.29, 1.82) is 0 Å². The summed E-state index contributed by atoms with van der Waals surface area (Å²) in [5.41, 5.74) is 0.756. The van der Waals surface area contributed by atoms with Crippen LogP contribution in [0.2, 0.25) is 0 Å². The van der Waals surface area contributed by atoms with Gasteiger partial charge >= 0.3 is 0 Å². The van der Waals surface area contributed by atoms with Crippen molar-refractivity contribution in [2.75, 3.05) is 16.8 Å². The Hall–Kier alpha value is -0.490. The van der Waals surface area contributed by atoms with E-state index in [1.54, 1.807) is 6.20 Å². The zero-order chi connectivity index (χ0) is 13.1. The van der Waals surface area contributed by atoms with Crippen LogP contribution < -0.4 is 10.9 Å². The van der Waals surface area contributed by atoms with E-state index in [2.05, 4.69) is 40.2 Å². The first-order valence-corrected chi connectivity index (χ1v) is 8.12. The first kappa shape index (κ1) is 13.9. The zero-order valence-electron chi connectivity index (χ0n) is 10.6. The predicted octanol–water partition coefficient (Wildman–Crippen LogP) is 2.58. The van der Waals surface area contributed by atoms with Gasteiger partial charge in [0.25, 0.3) is 5.56 Å². The number of hydrogen-bond acceptors (Lipinski definition) is 4. The van der Waals surface area contributed by atoms with Gasteiger partial charge in [0.1, 0.15) is 4.47 Å². The number of aromatic nitrogens is 2. The highest BCUT2D eigenvalue weighted by Crippen LogP contribution is 2.24. The van der Waals surface area contributed by atoms with E-state index in [4.69, 9.17) is 0 Å². The minimum atomic E-state index is -0.0562. The first-order chi connectivity index (χ1) is 8.58. The lowest BCUT2D eigenvalue weighted by molar-refractivity contribution is 0.462. The Labute approximate surface area is 120 Å². The number of nitrogens with zero attached hydrogens (tertiary/aromatic N) is 2. The van der Waals surface area contributed by atoms with Gasteiger partial charge in [-0.3, -0.25) is 4.79 Å². The van der Waals surface area contributed by atoms with E-state index in [-0.39, 0.29) is 5.56 Å². The van der Waals surface area contributed by atoms with Crippen molar-refractivity contribution in [3.8, 4) is 0 Å². The molecule has 1 N–H and O–H groups in total. The molecule has 1 aromatic rings. The van der Waals surface area contributed by atoms with Crippen molar-refractivity contribution in [1.82, 2.24) is 9.78 Å². The molecule has 0 saturated carbocycles. The number of nitrogens with one attached hydrogen (secondary N) is 1. The summed E-state index contributed by atoms with van der Waals surface area (Å²) in [4.78, 5) is 12.1. The molecule has 0 aromatic carbocycles.